The molecule has 0 bridgehead atoms. The van der Waals surface area contributed by atoms with Crippen molar-refractivity contribution >= 4 is 0 Å². The third kappa shape index (κ3) is 3.58. The minimum absolute atomic E-state index is 0.547. The van der Waals surface area contributed by atoms with Gasteiger partial charge in [-0.15, -0.1) is 0 Å². The molecule has 2 nitrogen and oxygen atoms in total. The number of rotatable bonds is 2. The van der Waals surface area contributed by atoms with E-state index in [2.05, 4.69) is 10.2 Å². The Labute approximate surface area is 123 Å². The quantitative estimate of drug-likeness (QED) is 0.901. The lowest BCUT2D eigenvalue weighted by Crippen LogP contribution is -2.51. The Morgan fingerprint density at radius 1 is 1.24 bits per heavy atom. The second kappa shape index (κ2) is 5.97. The van der Waals surface area contributed by atoms with E-state index in [4.69, 9.17) is 0 Å². The average molecular weight is 298 g/mol. The van der Waals surface area contributed by atoms with Crippen molar-refractivity contribution in [3.05, 3.63) is 35.4 Å². The fraction of sp³-hybridized carbons (Fsp3) is 0.625. The summed E-state index contributed by atoms with van der Waals surface area (Å²) < 4.78 is 38.2. The van der Waals surface area contributed by atoms with Crippen molar-refractivity contribution in [3.63, 3.8) is 0 Å². The normalized spacial score (nSPS) is 27.4. The van der Waals surface area contributed by atoms with Crippen molar-refractivity contribution < 1.29 is 13.2 Å². The van der Waals surface area contributed by atoms with Crippen molar-refractivity contribution in [1.82, 2.24) is 10.2 Å². The van der Waals surface area contributed by atoms with E-state index in [0.29, 0.717) is 18.5 Å². The SMILES string of the molecule is FC(F)(F)c1cccc(CN2CCC3NCCCC3C2)c1. The van der Waals surface area contributed by atoms with Crippen LogP contribution in [0.5, 0.6) is 0 Å². The van der Waals surface area contributed by atoms with Crippen LogP contribution in [0.4, 0.5) is 13.2 Å². The van der Waals surface area contributed by atoms with E-state index in [9.17, 15) is 13.2 Å². The molecular weight excluding hydrogens is 277 g/mol. The molecule has 2 unspecified atom stereocenters. The highest BCUT2D eigenvalue weighted by molar-refractivity contribution is 5.25. The lowest BCUT2D eigenvalue weighted by Gasteiger charge is -2.41. The molecule has 2 saturated heterocycles. The van der Waals surface area contributed by atoms with Gasteiger partial charge in [-0.05, 0) is 49.9 Å². The number of piperidine rings is 2. The third-order valence-electron chi connectivity index (χ3n) is 4.64. The number of nitrogens with zero attached hydrogens (tertiary/aromatic N) is 1. The maximum atomic E-state index is 12.7. The van der Waals surface area contributed by atoms with Crippen LogP contribution in [-0.2, 0) is 12.7 Å². The van der Waals surface area contributed by atoms with Crippen molar-refractivity contribution in [3.8, 4) is 0 Å². The lowest BCUT2D eigenvalue weighted by atomic mass is 9.85. The van der Waals surface area contributed by atoms with E-state index in [-0.39, 0.29) is 0 Å². The zero-order valence-electron chi connectivity index (χ0n) is 12.0. The molecule has 21 heavy (non-hydrogen) atoms. The molecule has 1 N–H and O–H groups in total. The number of halogens is 3. The number of benzene rings is 1. The average Bonchev–Trinajstić information content (AvgIpc) is 2.46. The predicted molar refractivity (Wildman–Crippen MR) is 75.9 cm³/mol. The first-order valence-corrected chi connectivity index (χ1v) is 7.64. The summed E-state index contributed by atoms with van der Waals surface area (Å²) in [6, 6.07) is 6.33. The highest BCUT2D eigenvalue weighted by Crippen LogP contribution is 2.30. The largest absolute Gasteiger partial charge is 0.416 e. The van der Waals surface area contributed by atoms with Crippen LogP contribution in [-0.4, -0.2) is 30.6 Å². The number of nitrogens with one attached hydrogen (secondary N) is 1. The summed E-state index contributed by atoms with van der Waals surface area (Å²) in [4.78, 5) is 2.30. The summed E-state index contributed by atoms with van der Waals surface area (Å²) in [6.07, 6.45) is -0.713. The van der Waals surface area contributed by atoms with Gasteiger partial charge in [-0.25, -0.2) is 0 Å². The summed E-state index contributed by atoms with van der Waals surface area (Å²) >= 11 is 0. The molecule has 0 radical (unpaired) electrons. The Balaban J connectivity index is 1.64. The van der Waals surface area contributed by atoms with Crippen LogP contribution in [0, 0.1) is 5.92 Å². The van der Waals surface area contributed by atoms with Crippen LogP contribution < -0.4 is 5.32 Å². The first-order chi connectivity index (χ1) is 10.0. The van der Waals surface area contributed by atoms with Crippen molar-refractivity contribution in [2.75, 3.05) is 19.6 Å². The van der Waals surface area contributed by atoms with Crippen LogP contribution in [0.25, 0.3) is 0 Å². The number of alkyl halides is 3. The molecule has 0 saturated carbocycles. The molecule has 5 heteroatoms. The van der Waals surface area contributed by atoms with E-state index < -0.39 is 11.7 Å². The van der Waals surface area contributed by atoms with Gasteiger partial charge in [0.1, 0.15) is 0 Å². The molecule has 0 aliphatic carbocycles. The molecule has 2 heterocycles. The molecule has 0 amide bonds. The zero-order chi connectivity index (χ0) is 14.9. The van der Waals surface area contributed by atoms with E-state index in [0.717, 1.165) is 37.7 Å². The maximum Gasteiger partial charge on any atom is 0.416 e. The van der Waals surface area contributed by atoms with E-state index in [1.54, 1.807) is 6.07 Å². The first kappa shape index (κ1) is 14.9. The van der Waals surface area contributed by atoms with Gasteiger partial charge in [-0.1, -0.05) is 18.2 Å². The van der Waals surface area contributed by atoms with Gasteiger partial charge in [0.15, 0.2) is 0 Å². The van der Waals surface area contributed by atoms with Crippen molar-refractivity contribution in [2.24, 2.45) is 5.92 Å². The van der Waals surface area contributed by atoms with Crippen molar-refractivity contribution in [2.45, 2.75) is 38.0 Å². The van der Waals surface area contributed by atoms with Gasteiger partial charge in [0.2, 0.25) is 0 Å². The topological polar surface area (TPSA) is 15.3 Å². The minimum atomic E-state index is -4.25. The number of fused-ring (bicyclic) bond motifs is 1. The Bertz CT molecular complexity index is 487. The Kier molecular flexibility index (Phi) is 4.22. The van der Waals surface area contributed by atoms with Crippen LogP contribution >= 0.6 is 0 Å². The molecule has 0 aromatic heterocycles. The monoisotopic (exact) mass is 298 g/mol. The number of likely N-dealkylation sites (tertiary alicyclic amines) is 1. The van der Waals surface area contributed by atoms with Gasteiger partial charge in [-0.3, -0.25) is 4.90 Å². The smallest absolute Gasteiger partial charge is 0.314 e. The second-order valence-corrected chi connectivity index (χ2v) is 6.18. The first-order valence-electron chi connectivity index (χ1n) is 7.64. The minimum Gasteiger partial charge on any atom is -0.314 e. The predicted octanol–water partition coefficient (Wildman–Crippen LogP) is 3.28. The second-order valence-electron chi connectivity index (χ2n) is 6.18. The molecule has 2 atom stereocenters. The zero-order valence-corrected chi connectivity index (χ0v) is 12.0. The molecular formula is C16H21F3N2. The molecule has 2 aliphatic rings. The number of hydrogen-bond donors (Lipinski definition) is 1. The number of hydrogen-bond acceptors (Lipinski definition) is 2. The maximum absolute atomic E-state index is 12.7. The summed E-state index contributed by atoms with van der Waals surface area (Å²) in [5.74, 6) is 0.651. The van der Waals surface area contributed by atoms with Crippen LogP contribution in [0.1, 0.15) is 30.4 Å². The van der Waals surface area contributed by atoms with Gasteiger partial charge >= 0.3 is 6.18 Å². The standard InChI is InChI=1S/C16H21F3N2/c17-16(18,19)14-5-1-3-12(9-14)10-21-8-6-15-13(11-21)4-2-7-20-15/h1,3,5,9,13,15,20H,2,4,6-8,10-11H2. The van der Waals surface area contributed by atoms with Gasteiger partial charge in [0.25, 0.3) is 0 Å². The molecule has 1 aromatic rings. The van der Waals surface area contributed by atoms with Gasteiger partial charge in [-0.2, -0.15) is 13.2 Å². The van der Waals surface area contributed by atoms with Crippen LogP contribution in [0.2, 0.25) is 0 Å². The van der Waals surface area contributed by atoms with E-state index in [1.807, 2.05) is 0 Å². The van der Waals surface area contributed by atoms with E-state index >= 15 is 0 Å². The van der Waals surface area contributed by atoms with Crippen LogP contribution in [0.15, 0.2) is 24.3 Å². The lowest BCUT2D eigenvalue weighted by molar-refractivity contribution is -0.137. The highest BCUT2D eigenvalue weighted by atomic mass is 19.4. The molecule has 3 rings (SSSR count). The molecule has 2 fully saturated rings. The molecule has 2 aliphatic heterocycles. The van der Waals surface area contributed by atoms with Gasteiger partial charge in [0, 0.05) is 19.1 Å². The third-order valence-corrected chi connectivity index (χ3v) is 4.64. The highest BCUT2D eigenvalue weighted by Gasteiger charge is 2.32. The fourth-order valence-corrected chi connectivity index (χ4v) is 3.57. The van der Waals surface area contributed by atoms with Gasteiger partial charge in [0.05, 0.1) is 5.56 Å². The molecule has 116 valence electrons. The Morgan fingerprint density at radius 3 is 2.90 bits per heavy atom. The Hall–Kier alpha value is -1.07. The van der Waals surface area contributed by atoms with E-state index in [1.165, 1.54) is 25.0 Å². The fourth-order valence-electron chi connectivity index (χ4n) is 3.57. The van der Waals surface area contributed by atoms with Crippen molar-refractivity contribution in [1.29, 1.82) is 0 Å². The summed E-state index contributed by atoms with van der Waals surface area (Å²) in [7, 11) is 0. The summed E-state index contributed by atoms with van der Waals surface area (Å²) in [5.41, 5.74) is 0.210. The summed E-state index contributed by atoms with van der Waals surface area (Å²) in [6.45, 7) is 3.68. The molecule has 0 spiro atoms. The Morgan fingerprint density at radius 2 is 2.10 bits per heavy atom. The van der Waals surface area contributed by atoms with Gasteiger partial charge < -0.3 is 5.32 Å². The molecule has 1 aromatic carbocycles. The van der Waals surface area contributed by atoms with Crippen LogP contribution in [0.3, 0.4) is 0 Å². The summed E-state index contributed by atoms with van der Waals surface area (Å²) in [5, 5.41) is 3.56.